The maximum Gasteiger partial charge on any atom is 0.244 e. The number of benzene rings is 1. The molecule has 3 rings (SSSR count). The molecule has 8 nitrogen and oxygen atoms in total. The van der Waals surface area contributed by atoms with E-state index < -0.39 is 0 Å². The van der Waals surface area contributed by atoms with Crippen LogP contribution in [0.15, 0.2) is 30.5 Å². The first-order chi connectivity index (χ1) is 11.8. The standard InChI is InChI=1S/C16H20N6O2/c1-24-14-4-2-13(3-5-14)10-17-16-19-15(11-18-20-16)22-8-6-21(12-23)7-9-22/h2-5,11-12H,6-10H2,1H3,(H,17,19,20). The van der Waals surface area contributed by atoms with Crippen LogP contribution in [0.4, 0.5) is 11.8 Å². The molecule has 8 heteroatoms. The lowest BCUT2D eigenvalue weighted by atomic mass is 10.2. The third kappa shape index (κ3) is 3.89. The lowest BCUT2D eigenvalue weighted by molar-refractivity contribution is -0.118. The first-order valence-corrected chi connectivity index (χ1v) is 7.79. The maximum atomic E-state index is 10.8. The van der Waals surface area contributed by atoms with Gasteiger partial charge in [0.1, 0.15) is 5.75 Å². The monoisotopic (exact) mass is 328 g/mol. The molecule has 1 fully saturated rings. The van der Waals surface area contributed by atoms with Gasteiger partial charge in [-0.2, -0.15) is 10.1 Å². The molecule has 1 N–H and O–H groups in total. The number of anilines is 2. The van der Waals surface area contributed by atoms with E-state index >= 15 is 0 Å². The molecular formula is C16H20N6O2. The summed E-state index contributed by atoms with van der Waals surface area (Å²) in [4.78, 5) is 19.1. The summed E-state index contributed by atoms with van der Waals surface area (Å²) in [6.07, 6.45) is 2.53. The van der Waals surface area contributed by atoms with E-state index in [9.17, 15) is 4.79 Å². The molecule has 0 unspecified atom stereocenters. The van der Waals surface area contributed by atoms with Gasteiger partial charge in [-0.3, -0.25) is 4.79 Å². The molecule has 0 radical (unpaired) electrons. The Hall–Kier alpha value is -2.90. The molecular weight excluding hydrogens is 308 g/mol. The van der Waals surface area contributed by atoms with Crippen LogP contribution in [0.3, 0.4) is 0 Å². The van der Waals surface area contributed by atoms with E-state index in [0.717, 1.165) is 36.6 Å². The Balaban J connectivity index is 1.59. The Labute approximate surface area is 140 Å². The molecule has 24 heavy (non-hydrogen) atoms. The van der Waals surface area contributed by atoms with Crippen LogP contribution in [0.1, 0.15) is 5.56 Å². The molecule has 2 heterocycles. The van der Waals surface area contributed by atoms with Gasteiger partial charge >= 0.3 is 0 Å². The van der Waals surface area contributed by atoms with Crippen LogP contribution >= 0.6 is 0 Å². The highest BCUT2D eigenvalue weighted by molar-refractivity contribution is 5.49. The second-order valence-electron chi connectivity index (χ2n) is 5.47. The number of carbonyl (C=O) groups excluding carboxylic acids is 1. The van der Waals surface area contributed by atoms with E-state index in [1.165, 1.54) is 0 Å². The second kappa shape index (κ2) is 7.58. The van der Waals surface area contributed by atoms with Gasteiger partial charge in [0.15, 0.2) is 5.82 Å². The van der Waals surface area contributed by atoms with Crippen molar-refractivity contribution in [2.24, 2.45) is 0 Å². The summed E-state index contributed by atoms with van der Waals surface area (Å²) < 4.78 is 5.14. The van der Waals surface area contributed by atoms with Crippen molar-refractivity contribution in [2.45, 2.75) is 6.54 Å². The van der Waals surface area contributed by atoms with E-state index in [1.807, 2.05) is 24.3 Å². The average molecular weight is 328 g/mol. The van der Waals surface area contributed by atoms with Crippen molar-refractivity contribution in [3.8, 4) is 5.75 Å². The molecule has 1 aliphatic heterocycles. The van der Waals surface area contributed by atoms with Gasteiger partial charge in [0, 0.05) is 32.7 Å². The zero-order valence-electron chi connectivity index (χ0n) is 13.6. The molecule has 0 atom stereocenters. The van der Waals surface area contributed by atoms with Crippen LogP contribution in [0.2, 0.25) is 0 Å². The average Bonchev–Trinajstić information content (AvgIpc) is 2.67. The van der Waals surface area contributed by atoms with Gasteiger partial charge in [-0.25, -0.2) is 0 Å². The first kappa shape index (κ1) is 16.0. The van der Waals surface area contributed by atoms with E-state index in [1.54, 1.807) is 18.2 Å². The summed E-state index contributed by atoms with van der Waals surface area (Å²) in [7, 11) is 1.65. The fourth-order valence-corrected chi connectivity index (χ4v) is 2.50. The fraction of sp³-hybridized carbons (Fsp3) is 0.375. The second-order valence-corrected chi connectivity index (χ2v) is 5.47. The normalized spacial score (nSPS) is 14.4. The van der Waals surface area contributed by atoms with Crippen LogP contribution in [-0.4, -0.2) is 59.8 Å². The van der Waals surface area contributed by atoms with Crippen LogP contribution in [-0.2, 0) is 11.3 Å². The highest BCUT2D eigenvalue weighted by atomic mass is 16.5. The van der Waals surface area contributed by atoms with Gasteiger partial charge in [-0.05, 0) is 17.7 Å². The Kier molecular flexibility index (Phi) is 5.05. The topological polar surface area (TPSA) is 83.5 Å². The predicted octanol–water partition coefficient (Wildman–Crippen LogP) is 0.771. The molecule has 126 valence electrons. The van der Waals surface area contributed by atoms with Gasteiger partial charge in [0.2, 0.25) is 12.4 Å². The number of amides is 1. The molecule has 1 aromatic carbocycles. The zero-order chi connectivity index (χ0) is 16.8. The molecule has 0 spiro atoms. The summed E-state index contributed by atoms with van der Waals surface area (Å²) in [5.41, 5.74) is 1.10. The van der Waals surface area contributed by atoms with Gasteiger partial charge in [-0.1, -0.05) is 12.1 Å². The third-order valence-electron chi connectivity index (χ3n) is 3.94. The van der Waals surface area contributed by atoms with E-state index in [2.05, 4.69) is 25.4 Å². The number of piperazine rings is 1. The predicted molar refractivity (Wildman–Crippen MR) is 90.0 cm³/mol. The summed E-state index contributed by atoms with van der Waals surface area (Å²) in [6.45, 7) is 3.49. The number of hydrogen-bond donors (Lipinski definition) is 1. The minimum atomic E-state index is 0.487. The maximum absolute atomic E-state index is 10.8. The Morgan fingerprint density at radius 2 is 1.96 bits per heavy atom. The lowest BCUT2D eigenvalue weighted by Gasteiger charge is -2.33. The van der Waals surface area contributed by atoms with Crippen molar-refractivity contribution in [3.05, 3.63) is 36.0 Å². The molecule has 2 aromatic rings. The minimum Gasteiger partial charge on any atom is -0.497 e. The summed E-state index contributed by atoms with van der Waals surface area (Å²) in [5.74, 6) is 2.09. The number of nitrogens with zero attached hydrogens (tertiary/aromatic N) is 5. The minimum absolute atomic E-state index is 0.487. The Morgan fingerprint density at radius 3 is 2.62 bits per heavy atom. The highest BCUT2D eigenvalue weighted by Crippen LogP contribution is 2.15. The van der Waals surface area contributed by atoms with Crippen molar-refractivity contribution in [1.29, 1.82) is 0 Å². The highest BCUT2D eigenvalue weighted by Gasteiger charge is 2.17. The first-order valence-electron chi connectivity index (χ1n) is 7.79. The summed E-state index contributed by atoms with van der Waals surface area (Å²) >= 11 is 0. The van der Waals surface area contributed by atoms with Crippen LogP contribution < -0.4 is 15.0 Å². The fourth-order valence-electron chi connectivity index (χ4n) is 2.50. The Morgan fingerprint density at radius 1 is 1.21 bits per heavy atom. The third-order valence-corrected chi connectivity index (χ3v) is 3.94. The molecule has 1 amide bonds. The largest absolute Gasteiger partial charge is 0.497 e. The van der Waals surface area contributed by atoms with Crippen molar-refractivity contribution in [2.75, 3.05) is 43.5 Å². The lowest BCUT2D eigenvalue weighted by Crippen LogP contribution is -2.46. The SMILES string of the molecule is COc1ccc(CNc2nncc(N3CCN(C=O)CC3)n2)cc1. The number of ether oxygens (including phenoxy) is 1. The van der Waals surface area contributed by atoms with Gasteiger partial charge in [-0.15, -0.1) is 5.10 Å². The van der Waals surface area contributed by atoms with E-state index in [-0.39, 0.29) is 0 Å². The van der Waals surface area contributed by atoms with E-state index in [0.29, 0.717) is 25.6 Å². The summed E-state index contributed by atoms with van der Waals surface area (Å²) in [6, 6.07) is 7.81. The van der Waals surface area contributed by atoms with Gasteiger partial charge < -0.3 is 19.9 Å². The van der Waals surface area contributed by atoms with Crippen LogP contribution in [0.5, 0.6) is 5.75 Å². The number of hydrogen-bond acceptors (Lipinski definition) is 7. The van der Waals surface area contributed by atoms with Crippen molar-refractivity contribution in [3.63, 3.8) is 0 Å². The van der Waals surface area contributed by atoms with Crippen molar-refractivity contribution < 1.29 is 9.53 Å². The smallest absolute Gasteiger partial charge is 0.244 e. The van der Waals surface area contributed by atoms with Crippen LogP contribution in [0.25, 0.3) is 0 Å². The van der Waals surface area contributed by atoms with Gasteiger partial charge in [0.05, 0.1) is 13.3 Å². The molecule has 1 aliphatic rings. The number of aromatic nitrogens is 3. The summed E-state index contributed by atoms with van der Waals surface area (Å²) in [5, 5.41) is 11.2. The molecule has 0 aliphatic carbocycles. The number of nitrogens with one attached hydrogen (secondary N) is 1. The number of methoxy groups -OCH3 is 1. The quantitative estimate of drug-likeness (QED) is 0.784. The molecule has 0 bridgehead atoms. The van der Waals surface area contributed by atoms with Crippen LogP contribution in [0, 0.1) is 0 Å². The molecule has 1 saturated heterocycles. The van der Waals surface area contributed by atoms with Crippen molar-refractivity contribution >= 4 is 18.2 Å². The number of rotatable bonds is 6. The molecule has 1 aromatic heterocycles. The van der Waals surface area contributed by atoms with Crippen molar-refractivity contribution in [1.82, 2.24) is 20.1 Å². The Bertz CT molecular complexity index is 671. The molecule has 0 saturated carbocycles. The van der Waals surface area contributed by atoms with Gasteiger partial charge in [0.25, 0.3) is 0 Å². The number of carbonyl (C=O) groups is 1. The van der Waals surface area contributed by atoms with E-state index in [4.69, 9.17) is 4.74 Å². The zero-order valence-corrected chi connectivity index (χ0v) is 13.6.